The number of nitrogens with zero attached hydrogens (tertiary/aromatic N) is 1. The molecule has 0 bridgehead atoms. The molecule has 1 aliphatic heterocycles. The molecule has 1 aliphatic carbocycles. The van der Waals surface area contributed by atoms with Crippen molar-refractivity contribution < 1.29 is 14.3 Å². The average molecular weight is 360 g/mol. The van der Waals surface area contributed by atoms with Gasteiger partial charge in [-0.1, -0.05) is 31.4 Å². The summed E-state index contributed by atoms with van der Waals surface area (Å²) in [6.07, 6.45) is 8.65. The highest BCUT2D eigenvalue weighted by atomic mass is 16.5. The molecule has 0 radical (unpaired) electrons. The first-order valence-electron chi connectivity index (χ1n) is 10.0. The van der Waals surface area contributed by atoms with Crippen molar-refractivity contribution in [2.75, 3.05) is 33.4 Å². The minimum absolute atomic E-state index is 0.00622. The molecule has 1 unspecified atom stereocenters. The Morgan fingerprint density at radius 1 is 1.12 bits per heavy atom. The Morgan fingerprint density at radius 2 is 1.81 bits per heavy atom. The van der Waals surface area contributed by atoms with Gasteiger partial charge in [-0.3, -0.25) is 9.69 Å². The number of hydrogen-bond donors (Lipinski definition) is 1. The van der Waals surface area contributed by atoms with Crippen LogP contribution >= 0.6 is 0 Å². The van der Waals surface area contributed by atoms with E-state index in [1.165, 1.54) is 37.7 Å². The smallest absolute Gasteiger partial charge is 0.246 e. The topological polar surface area (TPSA) is 50.8 Å². The van der Waals surface area contributed by atoms with Gasteiger partial charge in [-0.2, -0.15) is 0 Å². The zero-order chi connectivity index (χ0) is 18.2. The molecule has 3 rings (SSSR count). The molecule has 1 amide bonds. The lowest BCUT2D eigenvalue weighted by Crippen LogP contribution is -2.38. The fourth-order valence-corrected chi connectivity index (χ4v) is 4.02. The number of likely N-dealkylation sites (tertiary alicyclic amines) is 1. The van der Waals surface area contributed by atoms with Crippen LogP contribution in [0.25, 0.3) is 0 Å². The molecule has 2 aliphatic rings. The van der Waals surface area contributed by atoms with Crippen molar-refractivity contribution >= 4 is 5.91 Å². The standard InChI is InChI=1S/C21H32N2O3/c1-25-18-11-9-17(10-12-18)20(23-13-5-6-14-23)15-22-21(24)16-26-19-7-3-2-4-8-19/h9-12,19-20H,2-8,13-16H2,1H3,(H,22,24). The summed E-state index contributed by atoms with van der Waals surface area (Å²) in [5.74, 6) is 0.854. The van der Waals surface area contributed by atoms with E-state index in [-0.39, 0.29) is 24.7 Å². The van der Waals surface area contributed by atoms with Crippen LogP contribution < -0.4 is 10.1 Å². The van der Waals surface area contributed by atoms with E-state index in [4.69, 9.17) is 9.47 Å². The van der Waals surface area contributed by atoms with Crippen molar-refractivity contribution in [3.8, 4) is 5.75 Å². The van der Waals surface area contributed by atoms with Gasteiger partial charge < -0.3 is 14.8 Å². The molecule has 1 aromatic rings. The van der Waals surface area contributed by atoms with Gasteiger partial charge in [-0.15, -0.1) is 0 Å². The van der Waals surface area contributed by atoms with E-state index in [0.29, 0.717) is 6.54 Å². The van der Waals surface area contributed by atoms with Crippen LogP contribution in [0.2, 0.25) is 0 Å². The molecule has 144 valence electrons. The summed E-state index contributed by atoms with van der Waals surface area (Å²) in [5.41, 5.74) is 1.22. The minimum atomic E-state index is -0.00622. The molecule has 1 saturated heterocycles. The van der Waals surface area contributed by atoms with Crippen molar-refractivity contribution in [2.45, 2.75) is 57.1 Å². The molecular weight excluding hydrogens is 328 g/mol. The number of benzene rings is 1. The van der Waals surface area contributed by atoms with Crippen LogP contribution in [0.4, 0.5) is 0 Å². The Labute approximate surface area is 157 Å². The largest absolute Gasteiger partial charge is 0.497 e. The minimum Gasteiger partial charge on any atom is -0.497 e. The fourth-order valence-electron chi connectivity index (χ4n) is 4.02. The number of hydrogen-bond acceptors (Lipinski definition) is 4. The maximum atomic E-state index is 12.3. The maximum Gasteiger partial charge on any atom is 0.246 e. The maximum absolute atomic E-state index is 12.3. The van der Waals surface area contributed by atoms with Crippen LogP contribution in [0.5, 0.6) is 5.75 Å². The van der Waals surface area contributed by atoms with E-state index in [9.17, 15) is 4.79 Å². The third kappa shape index (κ3) is 5.45. The molecule has 26 heavy (non-hydrogen) atoms. The lowest BCUT2D eigenvalue weighted by Gasteiger charge is -2.28. The van der Waals surface area contributed by atoms with Gasteiger partial charge in [0.15, 0.2) is 0 Å². The highest BCUT2D eigenvalue weighted by Crippen LogP contribution is 2.26. The van der Waals surface area contributed by atoms with E-state index >= 15 is 0 Å². The summed E-state index contributed by atoms with van der Waals surface area (Å²) in [7, 11) is 1.68. The first-order valence-corrected chi connectivity index (χ1v) is 10.0. The van der Waals surface area contributed by atoms with E-state index in [0.717, 1.165) is 31.7 Å². The molecule has 1 aromatic carbocycles. The van der Waals surface area contributed by atoms with Gasteiger partial charge in [0, 0.05) is 6.54 Å². The summed E-state index contributed by atoms with van der Waals surface area (Å²) >= 11 is 0. The summed E-state index contributed by atoms with van der Waals surface area (Å²) in [4.78, 5) is 14.7. The van der Waals surface area contributed by atoms with Crippen LogP contribution in [-0.2, 0) is 9.53 Å². The van der Waals surface area contributed by atoms with Crippen LogP contribution in [-0.4, -0.2) is 50.3 Å². The van der Waals surface area contributed by atoms with E-state index in [1.54, 1.807) is 7.11 Å². The number of carbonyl (C=O) groups excluding carboxylic acids is 1. The Bertz CT molecular complexity index is 549. The van der Waals surface area contributed by atoms with Gasteiger partial charge in [0.25, 0.3) is 0 Å². The Morgan fingerprint density at radius 3 is 2.46 bits per heavy atom. The molecule has 0 spiro atoms. The first kappa shape index (κ1) is 19.2. The SMILES string of the molecule is COc1ccc(C(CNC(=O)COC2CCCCC2)N2CCCC2)cc1. The second-order valence-electron chi connectivity index (χ2n) is 7.41. The van der Waals surface area contributed by atoms with E-state index in [1.807, 2.05) is 12.1 Å². The van der Waals surface area contributed by atoms with Crippen molar-refractivity contribution in [1.29, 1.82) is 0 Å². The van der Waals surface area contributed by atoms with Crippen LogP contribution in [0.1, 0.15) is 56.6 Å². The third-order valence-electron chi connectivity index (χ3n) is 5.58. The molecule has 1 N–H and O–H groups in total. The lowest BCUT2D eigenvalue weighted by atomic mass is 9.98. The number of ether oxygens (including phenoxy) is 2. The molecule has 5 nitrogen and oxygen atoms in total. The van der Waals surface area contributed by atoms with Gasteiger partial charge in [0.2, 0.25) is 5.91 Å². The van der Waals surface area contributed by atoms with E-state index in [2.05, 4.69) is 22.3 Å². The molecule has 1 atom stereocenters. The quantitative estimate of drug-likeness (QED) is 0.773. The van der Waals surface area contributed by atoms with Gasteiger partial charge in [-0.25, -0.2) is 0 Å². The molecule has 0 aromatic heterocycles. The number of nitrogens with one attached hydrogen (secondary N) is 1. The monoisotopic (exact) mass is 360 g/mol. The van der Waals surface area contributed by atoms with Crippen LogP contribution in [0, 0.1) is 0 Å². The lowest BCUT2D eigenvalue weighted by molar-refractivity contribution is -0.128. The van der Waals surface area contributed by atoms with Crippen molar-refractivity contribution in [3.63, 3.8) is 0 Å². The second kappa shape index (κ2) is 9.93. The summed E-state index contributed by atoms with van der Waals surface area (Å²) in [6.45, 7) is 2.98. The van der Waals surface area contributed by atoms with Crippen molar-refractivity contribution in [2.24, 2.45) is 0 Å². The molecular formula is C21H32N2O3. The average Bonchev–Trinajstić information content (AvgIpc) is 3.22. The van der Waals surface area contributed by atoms with Crippen molar-refractivity contribution in [3.05, 3.63) is 29.8 Å². The predicted octanol–water partition coefficient (Wildman–Crippen LogP) is 3.30. The number of carbonyl (C=O) groups is 1. The number of rotatable bonds is 8. The summed E-state index contributed by atoms with van der Waals surface area (Å²) in [5, 5.41) is 3.09. The van der Waals surface area contributed by atoms with Crippen molar-refractivity contribution in [1.82, 2.24) is 10.2 Å². The summed E-state index contributed by atoms with van der Waals surface area (Å²) in [6, 6.07) is 8.40. The normalized spacial score (nSPS) is 20.0. The van der Waals surface area contributed by atoms with Gasteiger partial charge >= 0.3 is 0 Å². The highest BCUT2D eigenvalue weighted by molar-refractivity contribution is 5.77. The van der Waals surface area contributed by atoms with Crippen LogP contribution in [0.3, 0.4) is 0 Å². The molecule has 1 saturated carbocycles. The molecule has 2 fully saturated rings. The van der Waals surface area contributed by atoms with Crippen LogP contribution in [0.15, 0.2) is 24.3 Å². The Kier molecular flexibility index (Phi) is 7.32. The Hall–Kier alpha value is -1.59. The van der Waals surface area contributed by atoms with Gasteiger partial charge in [0.1, 0.15) is 12.4 Å². The highest BCUT2D eigenvalue weighted by Gasteiger charge is 2.24. The zero-order valence-electron chi connectivity index (χ0n) is 15.9. The zero-order valence-corrected chi connectivity index (χ0v) is 15.9. The van der Waals surface area contributed by atoms with Gasteiger partial charge in [-0.05, 0) is 56.5 Å². The molecule has 5 heteroatoms. The van der Waals surface area contributed by atoms with Gasteiger partial charge in [0.05, 0.1) is 19.3 Å². The predicted molar refractivity (Wildman–Crippen MR) is 102 cm³/mol. The Balaban J connectivity index is 1.52. The number of methoxy groups -OCH3 is 1. The summed E-state index contributed by atoms with van der Waals surface area (Å²) < 4.78 is 11.1. The van der Waals surface area contributed by atoms with E-state index < -0.39 is 0 Å². The fraction of sp³-hybridized carbons (Fsp3) is 0.667. The third-order valence-corrected chi connectivity index (χ3v) is 5.58. The molecule has 1 heterocycles. The number of amides is 1. The first-order chi connectivity index (χ1) is 12.8. The second-order valence-corrected chi connectivity index (χ2v) is 7.41.